The average Bonchev–Trinajstić information content (AvgIpc) is 2.43. The predicted octanol–water partition coefficient (Wildman–Crippen LogP) is 3.97. The van der Waals surface area contributed by atoms with Crippen molar-refractivity contribution >= 4 is 27.6 Å². The van der Waals surface area contributed by atoms with E-state index in [1.54, 1.807) is 19.1 Å². The topological polar surface area (TPSA) is 52.3 Å². The van der Waals surface area contributed by atoms with Gasteiger partial charge in [0.15, 0.2) is 0 Å². The van der Waals surface area contributed by atoms with Gasteiger partial charge in [0.25, 0.3) is 0 Å². The molecule has 0 saturated carbocycles. The SMILES string of the molecule is Cc1cc(N)ccc1C(=O)OCc1c(F)ccc(Br)c1F. The number of hydrogen-bond acceptors (Lipinski definition) is 3. The molecule has 0 aliphatic rings. The zero-order chi connectivity index (χ0) is 15.6. The van der Waals surface area contributed by atoms with Crippen LogP contribution in [-0.4, -0.2) is 5.97 Å². The number of rotatable bonds is 3. The molecule has 0 aliphatic heterocycles. The van der Waals surface area contributed by atoms with E-state index < -0.39 is 24.2 Å². The maximum absolute atomic E-state index is 13.8. The molecule has 21 heavy (non-hydrogen) atoms. The van der Waals surface area contributed by atoms with Crippen LogP contribution in [0.4, 0.5) is 14.5 Å². The molecule has 0 atom stereocenters. The molecule has 2 rings (SSSR count). The van der Waals surface area contributed by atoms with Crippen LogP contribution in [0.3, 0.4) is 0 Å². The third-order valence-electron chi connectivity index (χ3n) is 2.96. The summed E-state index contributed by atoms with van der Waals surface area (Å²) in [5, 5.41) is 0. The molecule has 6 heteroatoms. The van der Waals surface area contributed by atoms with Gasteiger partial charge in [-0.05, 0) is 58.7 Å². The number of benzene rings is 2. The van der Waals surface area contributed by atoms with E-state index in [0.29, 0.717) is 16.8 Å². The molecule has 0 radical (unpaired) electrons. The largest absolute Gasteiger partial charge is 0.457 e. The fourth-order valence-corrected chi connectivity index (χ4v) is 2.20. The summed E-state index contributed by atoms with van der Waals surface area (Å²) in [5.74, 6) is -2.21. The van der Waals surface area contributed by atoms with Crippen LogP contribution in [0.1, 0.15) is 21.5 Å². The number of carbonyl (C=O) groups excluding carboxylic acids is 1. The highest BCUT2D eigenvalue weighted by Crippen LogP contribution is 2.23. The van der Waals surface area contributed by atoms with Crippen LogP contribution in [0.25, 0.3) is 0 Å². The summed E-state index contributed by atoms with van der Waals surface area (Å²) >= 11 is 2.96. The van der Waals surface area contributed by atoms with Gasteiger partial charge in [0, 0.05) is 5.69 Å². The van der Waals surface area contributed by atoms with E-state index in [1.165, 1.54) is 12.1 Å². The third-order valence-corrected chi connectivity index (χ3v) is 3.57. The highest BCUT2D eigenvalue weighted by Gasteiger charge is 2.16. The van der Waals surface area contributed by atoms with Crippen LogP contribution in [0.15, 0.2) is 34.8 Å². The Kier molecular flexibility index (Phi) is 4.57. The molecule has 110 valence electrons. The van der Waals surface area contributed by atoms with Crippen LogP contribution >= 0.6 is 15.9 Å². The Balaban J connectivity index is 2.17. The van der Waals surface area contributed by atoms with E-state index in [1.807, 2.05) is 0 Å². The van der Waals surface area contributed by atoms with Crippen molar-refractivity contribution in [2.45, 2.75) is 13.5 Å². The number of halogens is 3. The van der Waals surface area contributed by atoms with E-state index in [0.717, 1.165) is 6.07 Å². The first-order chi connectivity index (χ1) is 9.90. The molecule has 0 unspecified atom stereocenters. The molecule has 0 aromatic heterocycles. The first-order valence-electron chi connectivity index (χ1n) is 6.05. The zero-order valence-electron chi connectivity index (χ0n) is 11.1. The van der Waals surface area contributed by atoms with Gasteiger partial charge in [0.1, 0.15) is 18.2 Å². The second kappa shape index (κ2) is 6.22. The van der Waals surface area contributed by atoms with E-state index >= 15 is 0 Å². The van der Waals surface area contributed by atoms with Gasteiger partial charge in [-0.1, -0.05) is 0 Å². The molecule has 0 saturated heterocycles. The van der Waals surface area contributed by atoms with E-state index in [2.05, 4.69) is 15.9 Å². The number of nitrogen functional groups attached to an aromatic ring is 1. The minimum atomic E-state index is -0.781. The van der Waals surface area contributed by atoms with Crippen molar-refractivity contribution in [3.63, 3.8) is 0 Å². The Morgan fingerprint density at radius 3 is 2.67 bits per heavy atom. The van der Waals surface area contributed by atoms with Gasteiger partial charge in [0.2, 0.25) is 0 Å². The molecule has 3 nitrogen and oxygen atoms in total. The summed E-state index contributed by atoms with van der Waals surface area (Å²) in [7, 11) is 0. The smallest absolute Gasteiger partial charge is 0.338 e. The zero-order valence-corrected chi connectivity index (χ0v) is 12.7. The van der Waals surface area contributed by atoms with Gasteiger partial charge < -0.3 is 10.5 Å². The monoisotopic (exact) mass is 355 g/mol. The van der Waals surface area contributed by atoms with Gasteiger partial charge >= 0.3 is 5.97 Å². The van der Waals surface area contributed by atoms with E-state index in [-0.39, 0.29) is 10.0 Å². The number of nitrogens with two attached hydrogens (primary N) is 1. The van der Waals surface area contributed by atoms with Crippen LogP contribution in [-0.2, 0) is 11.3 Å². The molecule has 0 amide bonds. The Bertz CT molecular complexity index is 704. The predicted molar refractivity (Wildman–Crippen MR) is 78.8 cm³/mol. The Hall–Kier alpha value is -1.95. The lowest BCUT2D eigenvalue weighted by molar-refractivity contribution is 0.0464. The average molecular weight is 356 g/mol. The second-order valence-corrected chi connectivity index (χ2v) is 5.33. The first-order valence-corrected chi connectivity index (χ1v) is 6.85. The van der Waals surface area contributed by atoms with Crippen molar-refractivity contribution in [1.29, 1.82) is 0 Å². The van der Waals surface area contributed by atoms with E-state index in [9.17, 15) is 13.6 Å². The lowest BCUT2D eigenvalue weighted by Crippen LogP contribution is -2.09. The fraction of sp³-hybridized carbons (Fsp3) is 0.133. The van der Waals surface area contributed by atoms with Gasteiger partial charge in [-0.15, -0.1) is 0 Å². The fourth-order valence-electron chi connectivity index (χ4n) is 1.83. The molecule has 0 heterocycles. The molecule has 0 spiro atoms. The first kappa shape index (κ1) is 15.4. The Morgan fingerprint density at radius 2 is 2.00 bits per heavy atom. The molecular formula is C15H12BrF2NO2. The third kappa shape index (κ3) is 3.39. The molecule has 0 aliphatic carbocycles. The number of carbonyl (C=O) groups is 1. The molecule has 2 aromatic rings. The van der Waals surface area contributed by atoms with Crippen molar-refractivity contribution in [3.05, 3.63) is 63.1 Å². The van der Waals surface area contributed by atoms with Gasteiger partial charge in [-0.25, -0.2) is 13.6 Å². The minimum absolute atomic E-state index is 0.110. The number of esters is 1. The van der Waals surface area contributed by atoms with Crippen molar-refractivity contribution in [2.24, 2.45) is 0 Å². The summed E-state index contributed by atoms with van der Waals surface area (Å²) in [6, 6.07) is 7.05. The number of ether oxygens (including phenoxy) is 1. The molecule has 0 fully saturated rings. The Labute approximate surface area is 128 Å². The molecular weight excluding hydrogens is 344 g/mol. The number of hydrogen-bond donors (Lipinski definition) is 1. The summed E-state index contributed by atoms with van der Waals surface area (Å²) < 4.78 is 32.4. The van der Waals surface area contributed by atoms with Crippen LogP contribution in [0.5, 0.6) is 0 Å². The highest BCUT2D eigenvalue weighted by atomic mass is 79.9. The summed E-state index contributed by atoms with van der Waals surface area (Å²) in [4.78, 5) is 11.9. The summed E-state index contributed by atoms with van der Waals surface area (Å²) in [6.07, 6.45) is 0. The minimum Gasteiger partial charge on any atom is -0.457 e. The summed E-state index contributed by atoms with van der Waals surface area (Å²) in [5.41, 5.74) is 6.75. The lowest BCUT2D eigenvalue weighted by atomic mass is 10.1. The lowest BCUT2D eigenvalue weighted by Gasteiger charge is -2.10. The van der Waals surface area contributed by atoms with Gasteiger partial charge in [0.05, 0.1) is 15.6 Å². The molecule has 0 bridgehead atoms. The number of anilines is 1. The highest BCUT2D eigenvalue weighted by molar-refractivity contribution is 9.10. The molecule has 2 aromatic carbocycles. The Morgan fingerprint density at radius 1 is 1.29 bits per heavy atom. The molecule has 2 N–H and O–H groups in total. The quantitative estimate of drug-likeness (QED) is 0.514. The van der Waals surface area contributed by atoms with Crippen LogP contribution in [0.2, 0.25) is 0 Å². The van der Waals surface area contributed by atoms with Gasteiger partial charge in [-0.2, -0.15) is 0 Å². The standard InChI is InChI=1S/C15H12BrF2NO2/c1-8-6-9(19)2-3-10(8)15(20)21-7-11-13(17)5-4-12(16)14(11)18/h2-6H,7,19H2,1H3. The van der Waals surface area contributed by atoms with Crippen molar-refractivity contribution < 1.29 is 18.3 Å². The van der Waals surface area contributed by atoms with Crippen molar-refractivity contribution in [3.8, 4) is 0 Å². The summed E-state index contributed by atoms with van der Waals surface area (Å²) in [6.45, 7) is 1.22. The maximum atomic E-state index is 13.8. The second-order valence-electron chi connectivity index (χ2n) is 4.47. The van der Waals surface area contributed by atoms with Crippen LogP contribution < -0.4 is 5.73 Å². The van der Waals surface area contributed by atoms with Crippen LogP contribution in [0, 0.1) is 18.6 Å². The van der Waals surface area contributed by atoms with Gasteiger partial charge in [-0.3, -0.25) is 0 Å². The maximum Gasteiger partial charge on any atom is 0.338 e. The number of aryl methyl sites for hydroxylation is 1. The van der Waals surface area contributed by atoms with Crippen molar-refractivity contribution in [1.82, 2.24) is 0 Å². The van der Waals surface area contributed by atoms with Crippen molar-refractivity contribution in [2.75, 3.05) is 5.73 Å². The van der Waals surface area contributed by atoms with E-state index in [4.69, 9.17) is 10.5 Å². The normalized spacial score (nSPS) is 10.5.